The lowest BCUT2D eigenvalue weighted by atomic mass is 9.56. The van der Waals surface area contributed by atoms with Gasteiger partial charge in [-0.25, -0.2) is 0 Å². The number of ether oxygens (including phenoxy) is 3. The average molecular weight is 301 g/mol. The van der Waals surface area contributed by atoms with E-state index in [2.05, 4.69) is 10.3 Å². The van der Waals surface area contributed by atoms with Gasteiger partial charge in [-0.1, -0.05) is 0 Å². The number of guanidine groups is 1. The van der Waals surface area contributed by atoms with Gasteiger partial charge in [0.15, 0.2) is 11.8 Å². The van der Waals surface area contributed by atoms with Gasteiger partial charge in [0.05, 0.1) is 12.5 Å². The van der Waals surface area contributed by atoms with Crippen molar-refractivity contribution >= 4 is 5.96 Å². The SMILES string of the molecule is NC1=[NH+][C@H]2O[C@@H]3[C@]4([O-])O[C@@H]5[C@H]2[C@@]3(N1)C(O)[C@H](O4)[C@]5(O)CO. The minimum Gasteiger partial charge on any atom is -0.805 e. The maximum absolute atomic E-state index is 12.8. The fraction of sp³-hybridized carbons (Fsp3) is 0.909. The van der Waals surface area contributed by atoms with Crippen molar-refractivity contribution in [1.82, 2.24) is 5.32 Å². The van der Waals surface area contributed by atoms with E-state index < -0.39 is 60.3 Å². The van der Waals surface area contributed by atoms with Crippen LogP contribution >= 0.6 is 0 Å². The zero-order chi connectivity index (χ0) is 14.8. The Hall–Kier alpha value is -1.01. The van der Waals surface area contributed by atoms with E-state index >= 15 is 0 Å². The van der Waals surface area contributed by atoms with Crippen LogP contribution in [-0.2, 0) is 14.2 Å². The van der Waals surface area contributed by atoms with Gasteiger partial charge < -0.3 is 34.6 Å². The second-order valence-electron chi connectivity index (χ2n) is 6.35. The molecule has 5 heterocycles. The third kappa shape index (κ3) is 1.03. The Morgan fingerprint density at radius 2 is 2.10 bits per heavy atom. The first-order chi connectivity index (χ1) is 9.87. The molecule has 5 aliphatic heterocycles. The summed E-state index contributed by atoms with van der Waals surface area (Å²) in [5, 5.41) is 46.6. The quantitative estimate of drug-likeness (QED) is 0.276. The molecular formula is C11H15N3O7. The molecule has 0 radical (unpaired) electrons. The molecule has 6 aliphatic rings. The van der Waals surface area contributed by atoms with Gasteiger partial charge in [0.1, 0.15) is 36.0 Å². The molecule has 6 rings (SSSR count). The summed E-state index contributed by atoms with van der Waals surface area (Å²) < 4.78 is 16.2. The second kappa shape index (κ2) is 3.18. The number of rotatable bonds is 1. The molecule has 0 aromatic heterocycles. The van der Waals surface area contributed by atoms with E-state index in [1.807, 2.05) is 0 Å². The van der Waals surface area contributed by atoms with Gasteiger partial charge in [-0.2, -0.15) is 0 Å². The van der Waals surface area contributed by atoms with Crippen molar-refractivity contribution in [2.45, 2.75) is 47.8 Å². The van der Waals surface area contributed by atoms with E-state index in [4.69, 9.17) is 19.9 Å². The van der Waals surface area contributed by atoms with E-state index in [1.165, 1.54) is 0 Å². The Morgan fingerprint density at radius 1 is 1.38 bits per heavy atom. The summed E-state index contributed by atoms with van der Waals surface area (Å²) in [7, 11) is 0. The molecule has 7 bridgehead atoms. The Kier molecular flexibility index (Phi) is 1.89. The molecule has 0 amide bonds. The maximum atomic E-state index is 12.8. The van der Waals surface area contributed by atoms with Crippen LogP contribution in [0, 0.1) is 5.92 Å². The van der Waals surface area contributed by atoms with Gasteiger partial charge in [0.25, 0.3) is 0 Å². The molecule has 1 spiro atoms. The first-order valence-electron chi connectivity index (χ1n) is 6.77. The van der Waals surface area contributed by atoms with Crippen LogP contribution in [0.1, 0.15) is 0 Å². The zero-order valence-electron chi connectivity index (χ0n) is 10.7. The Bertz CT molecular complexity index is 574. The minimum atomic E-state index is -2.36. The molecule has 10 nitrogen and oxygen atoms in total. The average Bonchev–Trinajstić information content (AvgIpc) is 2.59. The molecule has 0 aromatic carbocycles. The topological polar surface area (TPSA) is 163 Å². The normalized spacial score (nSPS) is 66.2. The standard InChI is InChI=1S/C11H14N3O7/c12-8-13-6-2-4-9(17,1-15)5-3(16)10(2,14-8)7(19-6)11(18,20-4)21-5/h2-7,15-17H,1H2,(H3,12,13,14)/q-1/p+1/t2-,3?,4-,5+,6+,7+,9+,10-,11+/m1/s1. The lowest BCUT2D eigenvalue weighted by Crippen LogP contribution is -3.00. The highest BCUT2D eigenvalue weighted by Crippen LogP contribution is 2.61. The molecular weight excluding hydrogens is 286 g/mol. The number of nitrogens with one attached hydrogen (secondary N) is 2. The van der Waals surface area contributed by atoms with Crippen LogP contribution in [-0.4, -0.2) is 75.6 Å². The van der Waals surface area contributed by atoms with Crippen molar-refractivity contribution in [2.75, 3.05) is 6.61 Å². The Morgan fingerprint density at radius 3 is 2.81 bits per heavy atom. The molecule has 1 saturated carbocycles. The molecule has 21 heavy (non-hydrogen) atoms. The number of hydrogen-bond donors (Lipinski definition) is 6. The molecule has 9 atom stereocenters. The maximum Gasteiger partial charge on any atom is 0.343 e. The predicted molar refractivity (Wildman–Crippen MR) is 58.7 cm³/mol. The molecule has 0 aromatic rings. The molecule has 1 unspecified atom stereocenters. The van der Waals surface area contributed by atoms with E-state index in [0.717, 1.165) is 0 Å². The van der Waals surface area contributed by atoms with Crippen molar-refractivity contribution in [3.8, 4) is 0 Å². The number of aliphatic hydroxyl groups excluding tert-OH is 2. The minimum absolute atomic E-state index is 0.177. The fourth-order valence-corrected chi connectivity index (χ4v) is 4.70. The zero-order valence-corrected chi connectivity index (χ0v) is 10.7. The van der Waals surface area contributed by atoms with Gasteiger partial charge in [0.2, 0.25) is 0 Å². The Labute approximate surface area is 118 Å². The van der Waals surface area contributed by atoms with Gasteiger partial charge in [0, 0.05) is 0 Å². The van der Waals surface area contributed by atoms with E-state index in [0.29, 0.717) is 0 Å². The fourth-order valence-electron chi connectivity index (χ4n) is 4.70. The molecule has 5 fully saturated rings. The molecule has 4 saturated heterocycles. The van der Waals surface area contributed by atoms with Gasteiger partial charge in [-0.15, -0.1) is 0 Å². The molecule has 1 aliphatic carbocycles. The Balaban J connectivity index is 1.77. The summed E-state index contributed by atoms with van der Waals surface area (Å²) in [6.07, 6.45) is -5.45. The van der Waals surface area contributed by atoms with Gasteiger partial charge in [-0.05, 0) is 0 Å². The van der Waals surface area contributed by atoms with Crippen molar-refractivity contribution < 1.29 is 39.6 Å². The lowest BCUT2D eigenvalue weighted by molar-refractivity contribution is -0.700. The summed E-state index contributed by atoms with van der Waals surface area (Å²) in [5.41, 5.74) is 2.68. The predicted octanol–water partition coefficient (Wildman–Crippen LogP) is -7.03. The first kappa shape index (κ1) is 12.5. The number of nitrogens with two attached hydrogens (primary N) is 1. The highest BCUT2D eigenvalue weighted by Gasteiger charge is 2.85. The van der Waals surface area contributed by atoms with E-state index in [-0.39, 0.29) is 5.96 Å². The van der Waals surface area contributed by atoms with Crippen molar-refractivity contribution in [3.05, 3.63) is 0 Å². The summed E-state index contributed by atoms with van der Waals surface area (Å²) in [5.74, 6) is -2.78. The van der Waals surface area contributed by atoms with Crippen LogP contribution in [0.4, 0.5) is 0 Å². The van der Waals surface area contributed by atoms with E-state index in [1.54, 1.807) is 0 Å². The number of hydrogen-bond acceptors (Lipinski definition) is 9. The smallest absolute Gasteiger partial charge is 0.343 e. The van der Waals surface area contributed by atoms with Gasteiger partial charge in [-0.3, -0.25) is 16.0 Å². The largest absolute Gasteiger partial charge is 0.805 e. The van der Waals surface area contributed by atoms with Crippen LogP contribution in [0.3, 0.4) is 0 Å². The lowest BCUT2D eigenvalue weighted by Gasteiger charge is -2.70. The molecule has 10 heteroatoms. The monoisotopic (exact) mass is 301 g/mol. The molecule has 116 valence electrons. The highest BCUT2D eigenvalue weighted by molar-refractivity contribution is 5.74. The first-order valence-corrected chi connectivity index (χ1v) is 6.77. The number of aliphatic hydroxyl groups is 3. The van der Waals surface area contributed by atoms with Crippen LogP contribution in [0.25, 0.3) is 0 Å². The highest BCUT2D eigenvalue weighted by atomic mass is 16.9. The third-order valence-electron chi connectivity index (χ3n) is 5.49. The summed E-state index contributed by atoms with van der Waals surface area (Å²) in [4.78, 5) is 2.82. The third-order valence-corrected chi connectivity index (χ3v) is 5.49. The van der Waals surface area contributed by atoms with Crippen molar-refractivity contribution in [2.24, 2.45) is 11.7 Å². The summed E-state index contributed by atoms with van der Waals surface area (Å²) in [6, 6.07) is 0. The summed E-state index contributed by atoms with van der Waals surface area (Å²) in [6.45, 7) is -0.710. The van der Waals surface area contributed by atoms with Crippen LogP contribution in [0.15, 0.2) is 0 Å². The molecule has 7 N–H and O–H groups in total. The van der Waals surface area contributed by atoms with E-state index in [9.17, 15) is 20.4 Å². The van der Waals surface area contributed by atoms with Crippen molar-refractivity contribution in [1.29, 1.82) is 0 Å². The van der Waals surface area contributed by atoms with Crippen LogP contribution in [0.5, 0.6) is 0 Å². The van der Waals surface area contributed by atoms with Crippen LogP contribution in [0.2, 0.25) is 0 Å². The van der Waals surface area contributed by atoms with Gasteiger partial charge >= 0.3 is 5.96 Å². The summed E-state index contributed by atoms with van der Waals surface area (Å²) >= 11 is 0. The van der Waals surface area contributed by atoms with Crippen molar-refractivity contribution in [3.63, 3.8) is 0 Å². The second-order valence-corrected chi connectivity index (χ2v) is 6.35. The van der Waals surface area contributed by atoms with Crippen LogP contribution < -0.4 is 21.1 Å².